The molecule has 0 fully saturated rings. The van der Waals surface area contributed by atoms with Crippen LogP contribution in [0.2, 0.25) is 0 Å². The summed E-state index contributed by atoms with van der Waals surface area (Å²) in [6.07, 6.45) is -8.06. The zero-order valence-corrected chi connectivity index (χ0v) is 30.5. The van der Waals surface area contributed by atoms with Crippen LogP contribution in [0.25, 0.3) is 10.9 Å². The smallest absolute Gasteiger partial charge is 0.418 e. The van der Waals surface area contributed by atoms with Gasteiger partial charge in [-0.3, -0.25) is 9.89 Å². The molecular weight excluding hydrogens is 756 g/mol. The Morgan fingerprint density at radius 3 is 1.81 bits per heavy atom. The van der Waals surface area contributed by atoms with E-state index in [0.29, 0.717) is 82.2 Å². The maximum Gasteiger partial charge on any atom is 0.418 e. The Kier molecular flexibility index (Phi) is 11.0. The van der Waals surface area contributed by atoms with E-state index in [4.69, 9.17) is 9.47 Å². The molecule has 16 heteroatoms. The number of ether oxygens (including phenoxy) is 2. The van der Waals surface area contributed by atoms with Crippen molar-refractivity contribution in [3.05, 3.63) is 108 Å². The molecule has 10 nitrogen and oxygen atoms in total. The van der Waals surface area contributed by atoms with Crippen molar-refractivity contribution in [2.75, 3.05) is 42.3 Å². The first kappa shape index (κ1) is 39.7. The van der Waals surface area contributed by atoms with Gasteiger partial charge in [0.2, 0.25) is 5.91 Å². The molecule has 0 spiro atoms. The van der Waals surface area contributed by atoms with Crippen LogP contribution in [0, 0.1) is 0 Å². The summed E-state index contributed by atoms with van der Waals surface area (Å²) in [5.41, 5.74) is -1.64. The van der Waals surface area contributed by atoms with Gasteiger partial charge < -0.3 is 35.6 Å². The third-order valence-electron chi connectivity index (χ3n) is 10.8. The highest BCUT2D eigenvalue weighted by Crippen LogP contribution is 2.45. The number of aromatic amines is 1. The molecule has 0 radical (unpaired) electrons. The molecule has 4 atom stereocenters. The van der Waals surface area contributed by atoms with Gasteiger partial charge in [0.1, 0.15) is 11.5 Å². The van der Waals surface area contributed by atoms with Gasteiger partial charge in [-0.15, -0.1) is 0 Å². The predicted octanol–water partition coefficient (Wildman–Crippen LogP) is 8.07. The molecule has 5 aromatic rings. The van der Waals surface area contributed by atoms with Crippen LogP contribution in [0.15, 0.2) is 91.1 Å². The maximum atomic E-state index is 13.9. The van der Waals surface area contributed by atoms with E-state index >= 15 is 0 Å². The van der Waals surface area contributed by atoms with E-state index in [1.807, 2.05) is 0 Å². The van der Waals surface area contributed by atoms with E-state index in [2.05, 4.69) is 26.1 Å². The van der Waals surface area contributed by atoms with Crippen LogP contribution in [-0.4, -0.2) is 76.2 Å². The Balaban J connectivity index is 0.000000174. The Bertz CT molecular complexity index is 2210. The van der Waals surface area contributed by atoms with E-state index in [1.54, 1.807) is 91.1 Å². The van der Waals surface area contributed by atoms with Crippen molar-refractivity contribution in [3.63, 3.8) is 0 Å². The molecule has 302 valence electrons. The molecule has 0 bridgehead atoms. The number of H-pyrrole nitrogens is 1. The molecule has 1 aromatic heterocycles. The number of aromatic nitrogens is 2. The average Bonchev–Trinajstić information content (AvgIpc) is 3.83. The van der Waals surface area contributed by atoms with Crippen LogP contribution in [0.4, 0.5) is 43.4 Å². The fourth-order valence-corrected chi connectivity index (χ4v) is 7.67. The SMILES string of the molecule is O=C1Cc2c(NCC(O)(CC3CCOc4ccccc43)C(F)(F)F)cccc2N1.OC(CNc1cccc2[nH]ncc12)(CC1CCOc2ccccc21)C(F)(F)F. The highest BCUT2D eigenvalue weighted by atomic mass is 19.4. The number of fused-ring (bicyclic) bond motifs is 4. The largest absolute Gasteiger partial charge is 0.493 e. The number of aliphatic hydroxyl groups is 2. The van der Waals surface area contributed by atoms with Crippen LogP contribution in [-0.2, 0) is 11.2 Å². The van der Waals surface area contributed by atoms with Gasteiger partial charge >= 0.3 is 12.4 Å². The first-order valence-electron chi connectivity index (χ1n) is 18.5. The van der Waals surface area contributed by atoms with Gasteiger partial charge in [-0.2, -0.15) is 31.4 Å². The Morgan fingerprint density at radius 1 is 0.702 bits per heavy atom. The number of nitrogens with zero attached hydrogens (tertiary/aromatic N) is 1. The summed E-state index contributed by atoms with van der Waals surface area (Å²) in [4.78, 5) is 11.6. The van der Waals surface area contributed by atoms with Crippen LogP contribution < -0.4 is 25.4 Å². The second kappa shape index (κ2) is 15.8. The van der Waals surface area contributed by atoms with Crippen molar-refractivity contribution in [2.45, 2.75) is 67.5 Å². The lowest BCUT2D eigenvalue weighted by atomic mass is 9.82. The normalized spacial score (nSPS) is 19.5. The van der Waals surface area contributed by atoms with Gasteiger partial charge in [0.25, 0.3) is 0 Å². The summed E-state index contributed by atoms with van der Waals surface area (Å²) < 4.78 is 94.3. The summed E-state index contributed by atoms with van der Waals surface area (Å²) in [7, 11) is 0. The van der Waals surface area contributed by atoms with Crippen molar-refractivity contribution < 1.29 is 50.8 Å². The van der Waals surface area contributed by atoms with Gasteiger partial charge in [-0.25, -0.2) is 0 Å². The number of benzene rings is 4. The zero-order valence-electron chi connectivity index (χ0n) is 30.5. The monoisotopic (exact) mass is 797 g/mol. The molecule has 4 heterocycles. The topological polar surface area (TPSA) is 141 Å². The molecule has 3 aliphatic heterocycles. The summed E-state index contributed by atoms with van der Waals surface area (Å²) >= 11 is 0. The molecule has 3 aliphatic rings. The van der Waals surface area contributed by atoms with Gasteiger partial charge in [0.05, 0.1) is 44.4 Å². The number of alkyl halides is 6. The van der Waals surface area contributed by atoms with E-state index in [1.165, 1.54) is 0 Å². The molecule has 4 aromatic carbocycles. The van der Waals surface area contributed by atoms with Crippen LogP contribution in [0.1, 0.15) is 54.2 Å². The van der Waals surface area contributed by atoms with Crippen molar-refractivity contribution >= 4 is 33.9 Å². The number of para-hydroxylation sites is 2. The highest BCUT2D eigenvalue weighted by molar-refractivity contribution is 6.01. The Labute approximate surface area is 323 Å². The van der Waals surface area contributed by atoms with Gasteiger partial charge in [-0.1, -0.05) is 48.5 Å². The summed E-state index contributed by atoms with van der Waals surface area (Å²) in [5.74, 6) is 0.0199. The van der Waals surface area contributed by atoms with Crippen molar-refractivity contribution in [1.82, 2.24) is 10.2 Å². The summed E-state index contributed by atoms with van der Waals surface area (Å²) in [6, 6.07) is 24.1. The van der Waals surface area contributed by atoms with Crippen LogP contribution in [0.5, 0.6) is 11.5 Å². The summed E-state index contributed by atoms with van der Waals surface area (Å²) in [5, 5.41) is 36.9. The van der Waals surface area contributed by atoms with Gasteiger partial charge in [0, 0.05) is 28.0 Å². The predicted molar refractivity (Wildman–Crippen MR) is 202 cm³/mol. The third kappa shape index (κ3) is 8.47. The molecule has 1 amide bonds. The lowest BCUT2D eigenvalue weighted by Gasteiger charge is -2.36. The Hall–Kier alpha value is -5.48. The lowest BCUT2D eigenvalue weighted by Crippen LogP contribution is -2.51. The quantitative estimate of drug-likeness (QED) is 0.0781. The van der Waals surface area contributed by atoms with Crippen LogP contribution >= 0.6 is 0 Å². The maximum absolute atomic E-state index is 13.9. The standard InChI is InChI=1S/C21H21F3N2O3.C20H20F3N3O2/c22-21(23,24)20(28,11-13-8-9-29-18-7-2-1-4-14(13)18)12-25-16-5-3-6-17-15(16)10-19(27)26-17;21-20(22,23)19(27,10-13-8-9-28-18-7-2-1-4-14(13)18)12-24-16-5-3-6-17-15(16)11-25-26-17/h1-7,13,25,28H,8-12H2,(H,26,27);1-7,11,13,24,27H,8-10,12H2,(H,25,26). The van der Waals surface area contributed by atoms with E-state index in [0.717, 1.165) is 0 Å². The van der Waals surface area contributed by atoms with E-state index in [-0.39, 0.29) is 12.3 Å². The van der Waals surface area contributed by atoms with Crippen molar-refractivity contribution in [1.29, 1.82) is 0 Å². The first-order valence-corrected chi connectivity index (χ1v) is 18.5. The first-order chi connectivity index (χ1) is 27.1. The van der Waals surface area contributed by atoms with Crippen molar-refractivity contribution in [2.24, 2.45) is 0 Å². The fourth-order valence-electron chi connectivity index (χ4n) is 7.67. The van der Waals surface area contributed by atoms with E-state index in [9.17, 15) is 41.4 Å². The summed E-state index contributed by atoms with van der Waals surface area (Å²) in [6.45, 7) is -0.721. The minimum absolute atomic E-state index is 0.0935. The number of carbonyl (C=O) groups is 1. The molecule has 57 heavy (non-hydrogen) atoms. The third-order valence-corrected chi connectivity index (χ3v) is 10.8. The number of anilines is 3. The number of halogens is 6. The number of hydrogen-bond donors (Lipinski definition) is 6. The molecule has 0 saturated carbocycles. The van der Waals surface area contributed by atoms with Crippen LogP contribution in [0.3, 0.4) is 0 Å². The number of amides is 1. The number of carbonyl (C=O) groups excluding carboxylic acids is 1. The molecule has 0 aliphatic carbocycles. The number of rotatable bonds is 10. The minimum Gasteiger partial charge on any atom is -0.493 e. The molecule has 8 rings (SSSR count). The minimum atomic E-state index is -4.82. The molecular formula is C41H41F6N5O5. The van der Waals surface area contributed by atoms with Crippen molar-refractivity contribution in [3.8, 4) is 11.5 Å². The van der Waals surface area contributed by atoms with Gasteiger partial charge in [0.15, 0.2) is 11.2 Å². The molecule has 6 N–H and O–H groups in total. The number of nitrogens with one attached hydrogen (secondary N) is 4. The Morgan fingerprint density at radius 2 is 1.23 bits per heavy atom. The highest BCUT2D eigenvalue weighted by Gasteiger charge is 2.56. The second-order valence-electron chi connectivity index (χ2n) is 14.6. The number of hydrogen-bond acceptors (Lipinski definition) is 8. The van der Waals surface area contributed by atoms with E-state index < -0.39 is 61.3 Å². The average molecular weight is 798 g/mol. The molecule has 0 saturated heterocycles. The second-order valence-corrected chi connectivity index (χ2v) is 14.6. The zero-order chi connectivity index (χ0) is 40.4. The lowest BCUT2D eigenvalue weighted by molar-refractivity contribution is -0.258. The molecule has 4 unspecified atom stereocenters. The fraction of sp³-hybridized carbons (Fsp3) is 0.366. The van der Waals surface area contributed by atoms with Gasteiger partial charge in [-0.05, 0) is 85.0 Å².